The lowest BCUT2D eigenvalue weighted by Crippen LogP contribution is -2.46. The SMILES string of the molecule is NC(=O)C1CC(OCC(O)CO)CN1C(N)=O. The quantitative estimate of drug-likeness (QED) is 0.420. The molecule has 0 aromatic carbocycles. The van der Waals surface area contributed by atoms with Crippen LogP contribution >= 0.6 is 0 Å². The maximum atomic E-state index is 11.1. The van der Waals surface area contributed by atoms with Crippen LogP contribution in [0.15, 0.2) is 0 Å². The summed E-state index contributed by atoms with van der Waals surface area (Å²) in [5.74, 6) is -0.641. The number of amides is 3. The third-order valence-electron chi connectivity index (χ3n) is 2.61. The van der Waals surface area contributed by atoms with Crippen molar-refractivity contribution in [2.45, 2.75) is 24.7 Å². The average molecular weight is 247 g/mol. The normalized spacial score (nSPS) is 25.9. The van der Waals surface area contributed by atoms with Gasteiger partial charge in [-0.25, -0.2) is 4.79 Å². The van der Waals surface area contributed by atoms with Crippen LogP contribution in [-0.4, -0.2) is 65.1 Å². The van der Waals surface area contributed by atoms with Crippen LogP contribution in [0.5, 0.6) is 0 Å². The molecular formula is C9H17N3O5. The molecule has 1 aliphatic rings. The minimum absolute atomic E-state index is 0.0702. The van der Waals surface area contributed by atoms with Gasteiger partial charge in [0.15, 0.2) is 0 Å². The van der Waals surface area contributed by atoms with Gasteiger partial charge in [0.25, 0.3) is 0 Å². The van der Waals surface area contributed by atoms with Crippen molar-refractivity contribution >= 4 is 11.9 Å². The predicted molar refractivity (Wildman–Crippen MR) is 56.7 cm³/mol. The third kappa shape index (κ3) is 3.55. The Labute approximate surface area is 98.1 Å². The Bertz CT molecular complexity index is 276. The van der Waals surface area contributed by atoms with E-state index in [0.717, 1.165) is 4.90 Å². The number of urea groups is 1. The second-order valence-electron chi connectivity index (χ2n) is 3.94. The smallest absolute Gasteiger partial charge is 0.315 e. The Morgan fingerprint density at radius 2 is 2.12 bits per heavy atom. The molecule has 0 radical (unpaired) electrons. The zero-order chi connectivity index (χ0) is 13.0. The second-order valence-corrected chi connectivity index (χ2v) is 3.94. The van der Waals surface area contributed by atoms with Crippen LogP contribution in [0.25, 0.3) is 0 Å². The van der Waals surface area contributed by atoms with Crippen LogP contribution in [0.3, 0.4) is 0 Å². The summed E-state index contributed by atoms with van der Waals surface area (Å²) in [6, 6.07) is -1.51. The highest BCUT2D eigenvalue weighted by Crippen LogP contribution is 2.20. The molecule has 1 saturated heterocycles. The maximum absolute atomic E-state index is 11.1. The molecule has 1 rings (SSSR count). The number of carbonyl (C=O) groups is 2. The van der Waals surface area contributed by atoms with Gasteiger partial charge < -0.3 is 31.3 Å². The van der Waals surface area contributed by atoms with Gasteiger partial charge >= 0.3 is 6.03 Å². The number of nitrogens with two attached hydrogens (primary N) is 2. The number of nitrogens with zero attached hydrogens (tertiary/aromatic N) is 1. The van der Waals surface area contributed by atoms with Gasteiger partial charge in [-0.3, -0.25) is 4.79 Å². The number of aliphatic hydroxyl groups is 2. The topological polar surface area (TPSA) is 139 Å². The van der Waals surface area contributed by atoms with E-state index in [9.17, 15) is 9.59 Å². The van der Waals surface area contributed by atoms with E-state index in [1.807, 2.05) is 0 Å². The minimum Gasteiger partial charge on any atom is -0.394 e. The molecule has 1 fully saturated rings. The molecule has 98 valence electrons. The zero-order valence-electron chi connectivity index (χ0n) is 9.28. The summed E-state index contributed by atoms with van der Waals surface area (Å²) in [6.45, 7) is -0.328. The van der Waals surface area contributed by atoms with E-state index in [4.69, 9.17) is 26.4 Å². The second kappa shape index (κ2) is 5.80. The molecule has 8 heteroatoms. The largest absolute Gasteiger partial charge is 0.394 e. The van der Waals surface area contributed by atoms with Crippen LogP contribution in [-0.2, 0) is 9.53 Å². The standard InChI is InChI=1S/C9H17N3O5/c10-8(15)7-1-6(2-12(7)9(11)16)17-4-5(14)3-13/h5-7,13-14H,1-4H2,(H2,10,15)(H2,11,16). The Hall–Kier alpha value is -1.38. The van der Waals surface area contributed by atoms with Crippen LogP contribution in [0, 0.1) is 0 Å². The summed E-state index contributed by atoms with van der Waals surface area (Å²) < 4.78 is 5.25. The molecule has 0 spiro atoms. The first-order valence-corrected chi connectivity index (χ1v) is 5.21. The minimum atomic E-state index is -0.982. The molecule has 3 unspecified atom stereocenters. The van der Waals surface area contributed by atoms with Crippen LogP contribution < -0.4 is 11.5 Å². The van der Waals surface area contributed by atoms with Gasteiger partial charge in [-0.1, -0.05) is 0 Å². The van der Waals surface area contributed by atoms with Gasteiger partial charge in [0.05, 0.1) is 19.3 Å². The van der Waals surface area contributed by atoms with E-state index >= 15 is 0 Å². The summed E-state index contributed by atoms with van der Waals surface area (Å²) in [6.07, 6.45) is -1.15. The molecule has 6 N–H and O–H groups in total. The van der Waals surface area contributed by atoms with Gasteiger partial charge in [0, 0.05) is 13.0 Å². The lowest BCUT2D eigenvalue weighted by atomic mass is 10.2. The molecule has 3 amide bonds. The first kappa shape index (κ1) is 13.7. The van der Waals surface area contributed by atoms with Crippen LogP contribution in [0.2, 0.25) is 0 Å². The van der Waals surface area contributed by atoms with Crippen LogP contribution in [0.4, 0.5) is 4.79 Å². The molecule has 1 aliphatic heterocycles. The van der Waals surface area contributed by atoms with Crippen molar-refractivity contribution in [2.24, 2.45) is 11.5 Å². The van der Waals surface area contributed by atoms with Gasteiger partial charge in [0.1, 0.15) is 12.1 Å². The van der Waals surface area contributed by atoms with E-state index in [1.165, 1.54) is 0 Å². The number of rotatable bonds is 5. The fourth-order valence-electron chi connectivity index (χ4n) is 1.73. The van der Waals surface area contributed by atoms with Crippen molar-refractivity contribution in [3.63, 3.8) is 0 Å². The van der Waals surface area contributed by atoms with Crippen molar-refractivity contribution in [3.05, 3.63) is 0 Å². The molecule has 0 aliphatic carbocycles. The first-order valence-electron chi connectivity index (χ1n) is 5.21. The Morgan fingerprint density at radius 3 is 2.53 bits per heavy atom. The number of hydrogen-bond donors (Lipinski definition) is 4. The predicted octanol–water partition coefficient (Wildman–Crippen LogP) is -2.64. The molecule has 1 heterocycles. The summed E-state index contributed by atoms with van der Waals surface area (Å²) >= 11 is 0. The highest BCUT2D eigenvalue weighted by Gasteiger charge is 2.38. The lowest BCUT2D eigenvalue weighted by Gasteiger charge is -2.18. The number of likely N-dealkylation sites (tertiary alicyclic amines) is 1. The van der Waals surface area contributed by atoms with Crippen LogP contribution in [0.1, 0.15) is 6.42 Å². The van der Waals surface area contributed by atoms with Crippen molar-refractivity contribution in [2.75, 3.05) is 19.8 Å². The van der Waals surface area contributed by atoms with Gasteiger partial charge in [-0.2, -0.15) is 0 Å². The first-order chi connectivity index (χ1) is 7.95. The van der Waals surface area contributed by atoms with E-state index in [-0.39, 0.29) is 19.6 Å². The van der Waals surface area contributed by atoms with Crippen molar-refractivity contribution in [1.29, 1.82) is 0 Å². The van der Waals surface area contributed by atoms with Crippen molar-refractivity contribution in [1.82, 2.24) is 4.90 Å². The number of aliphatic hydroxyl groups excluding tert-OH is 2. The van der Waals surface area contributed by atoms with E-state index < -0.39 is 36.8 Å². The molecule has 0 aromatic rings. The molecule has 3 atom stereocenters. The number of carbonyl (C=O) groups excluding carboxylic acids is 2. The highest BCUT2D eigenvalue weighted by molar-refractivity contribution is 5.86. The van der Waals surface area contributed by atoms with Crippen molar-refractivity contribution < 1.29 is 24.5 Å². The molecule has 0 saturated carbocycles. The molecule has 17 heavy (non-hydrogen) atoms. The number of primary amides is 2. The fraction of sp³-hybridized carbons (Fsp3) is 0.778. The lowest BCUT2D eigenvalue weighted by molar-refractivity contribution is -0.121. The number of ether oxygens (including phenoxy) is 1. The third-order valence-corrected chi connectivity index (χ3v) is 2.61. The Kier molecular flexibility index (Phi) is 4.67. The summed E-state index contributed by atoms with van der Waals surface area (Å²) in [4.78, 5) is 23.3. The summed E-state index contributed by atoms with van der Waals surface area (Å²) in [7, 11) is 0. The van der Waals surface area contributed by atoms with E-state index in [2.05, 4.69) is 0 Å². The molecule has 0 bridgehead atoms. The Morgan fingerprint density at radius 1 is 1.47 bits per heavy atom. The van der Waals surface area contributed by atoms with Gasteiger partial charge in [-0.15, -0.1) is 0 Å². The fourth-order valence-corrected chi connectivity index (χ4v) is 1.73. The summed E-state index contributed by atoms with van der Waals surface area (Å²) in [5.41, 5.74) is 10.2. The molecular weight excluding hydrogens is 230 g/mol. The zero-order valence-corrected chi connectivity index (χ0v) is 9.28. The maximum Gasteiger partial charge on any atom is 0.315 e. The monoisotopic (exact) mass is 247 g/mol. The summed E-state index contributed by atoms with van der Waals surface area (Å²) in [5, 5.41) is 17.7. The van der Waals surface area contributed by atoms with Crippen molar-refractivity contribution in [3.8, 4) is 0 Å². The van der Waals surface area contributed by atoms with Gasteiger partial charge in [0.2, 0.25) is 5.91 Å². The highest BCUT2D eigenvalue weighted by atomic mass is 16.5. The van der Waals surface area contributed by atoms with E-state index in [1.54, 1.807) is 0 Å². The van der Waals surface area contributed by atoms with E-state index in [0.29, 0.717) is 0 Å². The molecule has 8 nitrogen and oxygen atoms in total. The average Bonchev–Trinajstić information content (AvgIpc) is 2.70. The van der Waals surface area contributed by atoms with Gasteiger partial charge in [-0.05, 0) is 0 Å². The number of hydrogen-bond acceptors (Lipinski definition) is 5. The molecule has 0 aromatic heterocycles. The Balaban J connectivity index is 2.51.